The van der Waals surface area contributed by atoms with Crippen molar-refractivity contribution in [1.29, 1.82) is 0 Å². The fourth-order valence-corrected chi connectivity index (χ4v) is 5.77. The summed E-state index contributed by atoms with van der Waals surface area (Å²) in [6, 6.07) is 17.0. The third-order valence-corrected chi connectivity index (χ3v) is 7.98. The van der Waals surface area contributed by atoms with Crippen LogP contribution in [0.2, 0.25) is 5.02 Å². The van der Waals surface area contributed by atoms with E-state index in [9.17, 15) is 9.59 Å². The van der Waals surface area contributed by atoms with Gasteiger partial charge in [-0.1, -0.05) is 54.1 Å². The maximum absolute atomic E-state index is 14.0. The van der Waals surface area contributed by atoms with Gasteiger partial charge in [-0.05, 0) is 68.5 Å². The molecule has 0 unspecified atom stereocenters. The Morgan fingerprint density at radius 1 is 1.00 bits per heavy atom. The van der Waals surface area contributed by atoms with Gasteiger partial charge >= 0.3 is 6.09 Å². The molecule has 5 rings (SSSR count). The van der Waals surface area contributed by atoms with E-state index in [1.165, 1.54) is 4.90 Å². The van der Waals surface area contributed by atoms with Crippen LogP contribution in [0, 0.1) is 0 Å². The van der Waals surface area contributed by atoms with Gasteiger partial charge in [0.2, 0.25) is 5.91 Å². The lowest BCUT2D eigenvalue weighted by atomic mass is 9.94. The molecule has 0 aliphatic carbocycles. The van der Waals surface area contributed by atoms with E-state index in [4.69, 9.17) is 21.1 Å². The number of imide groups is 1. The van der Waals surface area contributed by atoms with Gasteiger partial charge in [0.25, 0.3) is 0 Å². The molecule has 3 heterocycles. The summed E-state index contributed by atoms with van der Waals surface area (Å²) in [4.78, 5) is 30.4. The van der Waals surface area contributed by atoms with Gasteiger partial charge in [0.05, 0.1) is 24.2 Å². The molecule has 7 nitrogen and oxygen atoms in total. The minimum absolute atomic E-state index is 0.209. The van der Waals surface area contributed by atoms with Crippen LogP contribution in [0.15, 0.2) is 54.6 Å². The fourth-order valence-electron chi connectivity index (χ4n) is 5.65. The maximum atomic E-state index is 14.0. The number of likely N-dealkylation sites (tertiary alicyclic amines) is 1. The van der Waals surface area contributed by atoms with Gasteiger partial charge in [0.1, 0.15) is 6.61 Å². The topological polar surface area (TPSA) is 71.1 Å². The lowest BCUT2D eigenvalue weighted by Crippen LogP contribution is -2.47. The second-order valence-electron chi connectivity index (χ2n) is 10.3. The van der Waals surface area contributed by atoms with Gasteiger partial charge in [-0.15, -0.1) is 0 Å². The van der Waals surface area contributed by atoms with E-state index in [2.05, 4.69) is 10.2 Å². The molecule has 0 aromatic heterocycles. The SMILES string of the molecule is O=C1OC[C@@H](Cc2ccccc2)N1C(=O)[C@H](CN1CCC(OC2CCNCC2)CC1)c1ccc(Cl)cc1. The minimum atomic E-state index is -0.557. The lowest BCUT2D eigenvalue weighted by molar-refractivity contribution is -0.131. The van der Waals surface area contributed by atoms with Crippen LogP contribution in [0.25, 0.3) is 0 Å². The highest BCUT2D eigenvalue weighted by molar-refractivity contribution is 6.30. The third-order valence-electron chi connectivity index (χ3n) is 7.73. The molecule has 3 aliphatic rings. The van der Waals surface area contributed by atoms with Crippen LogP contribution in [0.5, 0.6) is 0 Å². The summed E-state index contributed by atoms with van der Waals surface area (Å²) in [5.74, 6) is -0.693. The maximum Gasteiger partial charge on any atom is 0.417 e. The van der Waals surface area contributed by atoms with Crippen LogP contribution in [0.1, 0.15) is 42.7 Å². The van der Waals surface area contributed by atoms with Gasteiger partial charge in [0, 0.05) is 24.7 Å². The Kier molecular flexibility index (Phi) is 8.77. The molecule has 0 spiro atoms. The van der Waals surface area contributed by atoms with Crippen molar-refractivity contribution in [3.63, 3.8) is 0 Å². The Labute approximate surface area is 224 Å². The molecule has 2 aromatic rings. The average molecular weight is 526 g/mol. The summed E-state index contributed by atoms with van der Waals surface area (Å²) in [5, 5.41) is 4.01. The van der Waals surface area contributed by atoms with Gasteiger partial charge < -0.3 is 19.7 Å². The van der Waals surface area contributed by atoms with Crippen molar-refractivity contribution in [3.8, 4) is 0 Å². The molecular formula is C29H36ClN3O4. The number of amides is 2. The summed E-state index contributed by atoms with van der Waals surface area (Å²) >= 11 is 6.15. The Bertz CT molecular complexity index is 1040. The number of cyclic esters (lactones) is 1. The van der Waals surface area contributed by atoms with E-state index in [0.717, 1.165) is 63.0 Å². The van der Waals surface area contributed by atoms with Gasteiger partial charge in [-0.3, -0.25) is 4.79 Å². The number of carbonyl (C=O) groups excluding carboxylic acids is 2. The normalized spacial score (nSPS) is 22.7. The molecule has 2 amide bonds. The zero-order valence-electron chi connectivity index (χ0n) is 21.2. The number of benzene rings is 2. The third kappa shape index (κ3) is 6.71. The Hall–Kier alpha value is -2.45. The summed E-state index contributed by atoms with van der Waals surface area (Å²) in [6.07, 6.45) is 4.69. The van der Waals surface area contributed by atoms with Crippen molar-refractivity contribution in [1.82, 2.24) is 15.1 Å². The van der Waals surface area contributed by atoms with Crippen molar-refractivity contribution in [2.24, 2.45) is 0 Å². The number of halogens is 1. The van der Waals surface area contributed by atoms with Crippen molar-refractivity contribution in [2.75, 3.05) is 39.3 Å². The first-order valence-corrected chi connectivity index (χ1v) is 13.8. The largest absolute Gasteiger partial charge is 0.447 e. The number of nitrogens with one attached hydrogen (secondary N) is 1. The van der Waals surface area contributed by atoms with Gasteiger partial charge in [-0.2, -0.15) is 0 Å². The van der Waals surface area contributed by atoms with Gasteiger partial charge in [0.15, 0.2) is 0 Å². The van der Waals surface area contributed by atoms with Crippen LogP contribution in [-0.2, 0) is 20.7 Å². The molecule has 3 aliphatic heterocycles. The van der Waals surface area contributed by atoms with E-state index in [1.54, 1.807) is 12.1 Å². The molecule has 1 N–H and O–H groups in total. The minimum Gasteiger partial charge on any atom is -0.447 e. The molecular weight excluding hydrogens is 490 g/mol. The first-order chi connectivity index (χ1) is 18.1. The number of hydrogen-bond donors (Lipinski definition) is 1. The van der Waals surface area contributed by atoms with E-state index in [0.29, 0.717) is 24.1 Å². The van der Waals surface area contributed by atoms with E-state index < -0.39 is 12.0 Å². The summed E-state index contributed by atoms with van der Waals surface area (Å²) in [5.41, 5.74) is 1.93. The highest BCUT2D eigenvalue weighted by Crippen LogP contribution is 2.28. The summed E-state index contributed by atoms with van der Waals surface area (Å²) in [7, 11) is 0. The zero-order chi connectivity index (χ0) is 25.6. The molecule has 3 fully saturated rings. The standard InChI is InChI=1S/C29H36ClN3O4/c30-23-8-6-22(7-9-23)27(19-32-16-12-26(13-17-32)37-25-10-14-31-15-11-25)28(34)33-24(20-36-29(33)35)18-21-4-2-1-3-5-21/h1-9,24-27,31H,10-20H2/t24-,27-/m1/s1. The molecule has 37 heavy (non-hydrogen) atoms. The van der Waals surface area contributed by atoms with E-state index in [-0.39, 0.29) is 24.7 Å². The second-order valence-corrected chi connectivity index (χ2v) is 10.8. The first kappa shape index (κ1) is 26.2. The van der Waals surface area contributed by atoms with Crippen molar-refractivity contribution in [2.45, 2.75) is 56.3 Å². The predicted octanol–water partition coefficient (Wildman–Crippen LogP) is 4.25. The average Bonchev–Trinajstić information content (AvgIpc) is 3.29. The van der Waals surface area contributed by atoms with Crippen molar-refractivity contribution >= 4 is 23.6 Å². The molecule has 0 saturated carbocycles. The summed E-state index contributed by atoms with van der Waals surface area (Å²) < 4.78 is 11.7. The van der Waals surface area contributed by atoms with Crippen LogP contribution in [0.3, 0.4) is 0 Å². The van der Waals surface area contributed by atoms with Gasteiger partial charge in [-0.25, -0.2) is 9.69 Å². The molecule has 0 bridgehead atoms. The number of ether oxygens (including phenoxy) is 2. The molecule has 8 heteroatoms. The van der Waals surface area contributed by atoms with Crippen LogP contribution in [0.4, 0.5) is 4.79 Å². The Morgan fingerprint density at radius 2 is 1.68 bits per heavy atom. The number of nitrogens with zero attached hydrogens (tertiary/aromatic N) is 2. The summed E-state index contributed by atoms with van der Waals surface area (Å²) in [6.45, 7) is 4.54. The fraction of sp³-hybridized carbons (Fsp3) is 0.517. The molecule has 2 atom stereocenters. The first-order valence-electron chi connectivity index (χ1n) is 13.4. The van der Waals surface area contributed by atoms with E-state index >= 15 is 0 Å². The Balaban J connectivity index is 1.27. The second kappa shape index (κ2) is 12.4. The highest BCUT2D eigenvalue weighted by Gasteiger charge is 2.42. The molecule has 2 aromatic carbocycles. The molecule has 198 valence electrons. The number of carbonyl (C=O) groups is 2. The predicted molar refractivity (Wildman–Crippen MR) is 143 cm³/mol. The van der Waals surface area contributed by atoms with Crippen molar-refractivity contribution < 1.29 is 19.1 Å². The molecule has 3 saturated heterocycles. The lowest BCUT2D eigenvalue weighted by Gasteiger charge is -2.37. The molecule has 0 radical (unpaired) electrons. The zero-order valence-corrected chi connectivity index (χ0v) is 21.9. The number of rotatable bonds is 8. The van der Waals surface area contributed by atoms with Crippen LogP contribution < -0.4 is 5.32 Å². The quantitative estimate of drug-likeness (QED) is 0.555. The number of piperidine rings is 2. The van der Waals surface area contributed by atoms with E-state index in [1.807, 2.05) is 42.5 Å². The van der Waals surface area contributed by atoms with Crippen molar-refractivity contribution in [3.05, 3.63) is 70.7 Å². The highest BCUT2D eigenvalue weighted by atomic mass is 35.5. The van der Waals surface area contributed by atoms with Crippen LogP contribution in [-0.4, -0.2) is 79.4 Å². The van der Waals surface area contributed by atoms with Crippen LogP contribution >= 0.6 is 11.6 Å². The Morgan fingerprint density at radius 3 is 2.38 bits per heavy atom. The number of hydrogen-bond acceptors (Lipinski definition) is 6. The smallest absolute Gasteiger partial charge is 0.417 e. The monoisotopic (exact) mass is 525 g/mol.